The first-order valence-electron chi connectivity index (χ1n) is 4.79. The van der Waals surface area contributed by atoms with Crippen molar-refractivity contribution in [3.05, 3.63) is 29.3 Å². The molecule has 1 rings (SSSR count). The maximum atomic E-state index is 12.0. The summed E-state index contributed by atoms with van der Waals surface area (Å²) in [6, 6.07) is 4.94. The molecule has 2 N–H and O–H groups in total. The highest BCUT2D eigenvalue weighted by atomic mass is 19.3. The average Bonchev–Trinajstić information content (AvgIpc) is 2.23. The van der Waals surface area contributed by atoms with Crippen LogP contribution in [0.3, 0.4) is 0 Å². The lowest BCUT2D eigenvalue weighted by Crippen LogP contribution is -2.08. The van der Waals surface area contributed by atoms with Gasteiger partial charge in [0.25, 0.3) is 0 Å². The van der Waals surface area contributed by atoms with Crippen molar-refractivity contribution in [1.82, 2.24) is 0 Å². The molecule has 0 radical (unpaired) electrons. The fraction of sp³-hybridized carbons (Fsp3) is 0.364. The van der Waals surface area contributed by atoms with Crippen molar-refractivity contribution >= 4 is 11.9 Å². The fourth-order valence-corrected chi connectivity index (χ4v) is 1.05. The number of anilines is 1. The Hall–Kier alpha value is -1.45. The molecule has 0 fully saturated rings. The molecule has 0 spiro atoms. The minimum Gasteiger partial charge on any atom is -0.329 e. The molecule has 4 heteroatoms. The Kier molecular flexibility index (Phi) is 6.25. The van der Waals surface area contributed by atoms with Gasteiger partial charge in [-0.3, -0.25) is 0 Å². The summed E-state index contributed by atoms with van der Waals surface area (Å²) >= 11 is 0. The number of hydrogen-bond donors (Lipinski definition) is 2. The zero-order chi connectivity index (χ0) is 11.8. The van der Waals surface area contributed by atoms with Crippen LogP contribution in [0.2, 0.25) is 0 Å². The number of aryl methyl sites for hydroxylation is 1. The normalized spacial score (nSPS) is 9.20. The molecule has 0 aliphatic rings. The lowest BCUT2D eigenvalue weighted by Gasteiger charge is -2.08. The number of rotatable bonds is 3. The second-order valence-corrected chi connectivity index (χ2v) is 2.68. The highest BCUT2D eigenvalue weighted by Gasteiger charge is 2.05. The summed E-state index contributed by atoms with van der Waals surface area (Å²) in [6.07, 6.45) is 1.05. The number of alkyl halides is 2. The third-order valence-corrected chi connectivity index (χ3v) is 1.63. The summed E-state index contributed by atoms with van der Waals surface area (Å²) in [5, 5.41) is 8.98. The fourth-order valence-electron chi connectivity index (χ4n) is 1.05. The van der Waals surface area contributed by atoms with Crippen LogP contribution in [-0.2, 0) is 0 Å². The van der Waals surface area contributed by atoms with Gasteiger partial charge >= 0.3 is 6.55 Å². The molecule has 0 bridgehead atoms. The van der Waals surface area contributed by atoms with E-state index in [0.29, 0.717) is 5.56 Å². The van der Waals surface area contributed by atoms with Gasteiger partial charge < -0.3 is 10.7 Å². The molecule has 0 aromatic heterocycles. The van der Waals surface area contributed by atoms with E-state index in [1.54, 1.807) is 18.2 Å². The monoisotopic (exact) mass is 214 g/mol. The molecule has 0 aliphatic heterocycles. The van der Waals surface area contributed by atoms with E-state index in [4.69, 9.17) is 5.41 Å². The summed E-state index contributed by atoms with van der Waals surface area (Å²) in [6.45, 7) is 3.25. The number of hydrogen-bond acceptors (Lipinski definition) is 2. The van der Waals surface area contributed by atoms with Gasteiger partial charge in [0.05, 0.1) is 0 Å². The molecule has 0 saturated carbocycles. The largest absolute Gasteiger partial charge is 0.329 e. The minimum atomic E-state index is -2.60. The molecule has 0 heterocycles. The van der Waals surface area contributed by atoms with E-state index < -0.39 is 6.55 Å². The Labute approximate surface area is 88.8 Å². The van der Waals surface area contributed by atoms with Crippen molar-refractivity contribution in [2.45, 2.75) is 27.3 Å². The summed E-state index contributed by atoms with van der Waals surface area (Å²) < 4.78 is 23.9. The molecule has 84 valence electrons. The van der Waals surface area contributed by atoms with E-state index in [-0.39, 0.29) is 5.69 Å². The Balaban J connectivity index is 0.000000921. The van der Waals surface area contributed by atoms with Crippen LogP contribution < -0.4 is 5.32 Å². The topological polar surface area (TPSA) is 35.9 Å². The van der Waals surface area contributed by atoms with Crippen LogP contribution in [0, 0.1) is 12.3 Å². The van der Waals surface area contributed by atoms with Gasteiger partial charge in [-0.15, -0.1) is 0 Å². The standard InChI is InChI=1S/C9H10F2N2.C2H6/c1-6-2-3-8(13-9(10)11)7(4-6)5-12;1-2/h2-5,9,12-13H,1H3;1-2H3. The first-order chi connectivity index (χ1) is 7.13. The lowest BCUT2D eigenvalue weighted by molar-refractivity contribution is 0.181. The molecular weight excluding hydrogens is 198 g/mol. The molecule has 0 atom stereocenters. The lowest BCUT2D eigenvalue weighted by atomic mass is 10.1. The molecule has 15 heavy (non-hydrogen) atoms. The van der Waals surface area contributed by atoms with Crippen LogP contribution in [0.15, 0.2) is 18.2 Å². The van der Waals surface area contributed by atoms with Crippen molar-refractivity contribution in [1.29, 1.82) is 5.41 Å². The van der Waals surface area contributed by atoms with Crippen LogP contribution in [0.5, 0.6) is 0 Å². The second-order valence-electron chi connectivity index (χ2n) is 2.68. The van der Waals surface area contributed by atoms with Gasteiger partial charge in [0.1, 0.15) is 0 Å². The van der Waals surface area contributed by atoms with Gasteiger partial charge in [-0.05, 0) is 19.1 Å². The maximum absolute atomic E-state index is 12.0. The van der Waals surface area contributed by atoms with Crippen molar-refractivity contribution in [3.8, 4) is 0 Å². The zero-order valence-electron chi connectivity index (χ0n) is 9.14. The van der Waals surface area contributed by atoms with Crippen LogP contribution in [0.1, 0.15) is 25.0 Å². The van der Waals surface area contributed by atoms with E-state index >= 15 is 0 Å². The first kappa shape index (κ1) is 13.5. The highest BCUT2D eigenvalue weighted by Crippen LogP contribution is 2.16. The van der Waals surface area contributed by atoms with Crippen LogP contribution in [0.4, 0.5) is 14.5 Å². The zero-order valence-corrected chi connectivity index (χ0v) is 9.14. The predicted molar refractivity (Wildman–Crippen MR) is 60.0 cm³/mol. The molecule has 0 amide bonds. The Bertz CT molecular complexity index is 311. The van der Waals surface area contributed by atoms with Gasteiger partial charge in [0, 0.05) is 17.5 Å². The van der Waals surface area contributed by atoms with Crippen LogP contribution >= 0.6 is 0 Å². The SMILES string of the molecule is CC.Cc1ccc(NC(F)F)c(C=N)c1. The van der Waals surface area contributed by atoms with Crippen molar-refractivity contribution < 1.29 is 8.78 Å². The Morgan fingerprint density at radius 2 is 1.93 bits per heavy atom. The van der Waals surface area contributed by atoms with Gasteiger partial charge in [0.2, 0.25) is 0 Å². The van der Waals surface area contributed by atoms with Gasteiger partial charge in [-0.25, -0.2) is 0 Å². The van der Waals surface area contributed by atoms with E-state index in [9.17, 15) is 8.78 Å². The van der Waals surface area contributed by atoms with Crippen molar-refractivity contribution in [2.75, 3.05) is 5.32 Å². The first-order valence-corrected chi connectivity index (χ1v) is 4.79. The summed E-state index contributed by atoms with van der Waals surface area (Å²) in [4.78, 5) is 0. The number of benzene rings is 1. The molecule has 0 saturated heterocycles. The van der Waals surface area contributed by atoms with Crippen molar-refractivity contribution in [3.63, 3.8) is 0 Å². The molecule has 2 nitrogen and oxygen atoms in total. The van der Waals surface area contributed by atoms with E-state index in [0.717, 1.165) is 11.8 Å². The predicted octanol–water partition coefficient (Wildman–Crippen LogP) is 3.65. The third-order valence-electron chi connectivity index (χ3n) is 1.63. The summed E-state index contributed by atoms with van der Waals surface area (Å²) in [5.74, 6) is 0. The van der Waals surface area contributed by atoms with Crippen LogP contribution in [-0.4, -0.2) is 12.8 Å². The van der Waals surface area contributed by atoms with Gasteiger partial charge in [0.15, 0.2) is 0 Å². The maximum Gasteiger partial charge on any atom is 0.312 e. The van der Waals surface area contributed by atoms with Crippen LogP contribution in [0.25, 0.3) is 0 Å². The third kappa shape index (κ3) is 4.54. The molecule has 0 unspecified atom stereocenters. The molecular formula is C11H16F2N2. The number of halogens is 2. The number of nitrogens with one attached hydrogen (secondary N) is 2. The van der Waals surface area contributed by atoms with Gasteiger partial charge in [-0.2, -0.15) is 8.78 Å². The summed E-state index contributed by atoms with van der Waals surface area (Å²) in [5.41, 5.74) is 1.70. The van der Waals surface area contributed by atoms with Crippen molar-refractivity contribution in [2.24, 2.45) is 0 Å². The highest BCUT2D eigenvalue weighted by molar-refractivity contribution is 5.86. The molecule has 1 aromatic rings. The smallest absolute Gasteiger partial charge is 0.312 e. The van der Waals surface area contributed by atoms with E-state index in [2.05, 4.69) is 0 Å². The minimum absolute atomic E-state index is 0.288. The van der Waals surface area contributed by atoms with E-state index in [1.807, 2.05) is 26.1 Å². The average molecular weight is 214 g/mol. The Morgan fingerprint density at radius 1 is 1.33 bits per heavy atom. The molecule has 0 aliphatic carbocycles. The van der Waals surface area contributed by atoms with Gasteiger partial charge in [-0.1, -0.05) is 25.5 Å². The summed E-state index contributed by atoms with van der Waals surface area (Å²) in [7, 11) is 0. The quantitative estimate of drug-likeness (QED) is 0.584. The van der Waals surface area contributed by atoms with E-state index in [1.165, 1.54) is 0 Å². The Morgan fingerprint density at radius 3 is 2.40 bits per heavy atom. The molecule has 1 aromatic carbocycles. The second kappa shape index (κ2) is 6.92.